The second kappa shape index (κ2) is 9.81. The number of nitrogens with one attached hydrogen (secondary N) is 2. The maximum Gasteiger partial charge on any atom is 0.228 e. The number of benzene rings is 2. The number of aromatic nitrogens is 2. The number of nitrogens with zero attached hydrogens (tertiary/aromatic N) is 4. The maximum absolute atomic E-state index is 5.49. The van der Waals surface area contributed by atoms with Crippen molar-refractivity contribution in [2.24, 2.45) is 0 Å². The van der Waals surface area contributed by atoms with Crippen LogP contribution in [0.4, 0.5) is 11.8 Å². The summed E-state index contributed by atoms with van der Waals surface area (Å²) in [5, 5.41) is 8.21. The van der Waals surface area contributed by atoms with Crippen LogP contribution in [0.15, 0.2) is 48.5 Å². The predicted octanol–water partition coefficient (Wildman–Crippen LogP) is 2.84. The summed E-state index contributed by atoms with van der Waals surface area (Å²) in [5.41, 5.74) is 3.33. The van der Waals surface area contributed by atoms with E-state index < -0.39 is 0 Å². The first-order chi connectivity index (χ1) is 15.8. The number of anilines is 2. The van der Waals surface area contributed by atoms with Crippen molar-refractivity contribution < 1.29 is 4.74 Å². The van der Waals surface area contributed by atoms with Gasteiger partial charge in [-0.2, -0.15) is 4.98 Å². The molecule has 2 fully saturated rings. The van der Waals surface area contributed by atoms with Crippen molar-refractivity contribution >= 4 is 22.7 Å². The number of hydrogen-bond donors (Lipinski definition) is 2. The second-order valence-corrected chi connectivity index (χ2v) is 8.57. The standard InChI is InChI=1S/C25H32N6O/c1-19-18-26-10-13-31(19)25-28-22-9-5-8-21(20-6-3-2-4-7-20)23(22)24(29-25)27-11-12-30-14-16-32-17-15-30/h2-9,19,26H,10-18H2,1H3,(H,27,28,29). The first-order valence-electron chi connectivity index (χ1n) is 11.7. The number of ether oxygens (including phenoxy) is 1. The smallest absolute Gasteiger partial charge is 0.228 e. The second-order valence-electron chi connectivity index (χ2n) is 8.57. The van der Waals surface area contributed by atoms with Gasteiger partial charge in [-0.3, -0.25) is 4.90 Å². The molecule has 32 heavy (non-hydrogen) atoms. The van der Waals surface area contributed by atoms with E-state index in [0.29, 0.717) is 6.04 Å². The Morgan fingerprint density at radius 2 is 1.88 bits per heavy atom. The lowest BCUT2D eigenvalue weighted by molar-refractivity contribution is 0.0398. The third-order valence-corrected chi connectivity index (χ3v) is 6.38. The van der Waals surface area contributed by atoms with Crippen molar-refractivity contribution in [2.75, 3.05) is 69.2 Å². The third-order valence-electron chi connectivity index (χ3n) is 6.38. The zero-order valence-corrected chi connectivity index (χ0v) is 18.8. The van der Waals surface area contributed by atoms with Crippen LogP contribution in [0.25, 0.3) is 22.0 Å². The van der Waals surface area contributed by atoms with Crippen LogP contribution in [0.3, 0.4) is 0 Å². The lowest BCUT2D eigenvalue weighted by atomic mass is 10.0. The monoisotopic (exact) mass is 432 g/mol. The molecule has 0 amide bonds. The van der Waals surface area contributed by atoms with E-state index in [1.54, 1.807) is 0 Å². The molecule has 1 atom stereocenters. The summed E-state index contributed by atoms with van der Waals surface area (Å²) in [6.45, 7) is 10.5. The van der Waals surface area contributed by atoms with Crippen LogP contribution in [0.1, 0.15) is 6.92 Å². The molecule has 5 rings (SSSR count). The van der Waals surface area contributed by atoms with Crippen molar-refractivity contribution in [2.45, 2.75) is 13.0 Å². The molecule has 3 heterocycles. The van der Waals surface area contributed by atoms with Crippen molar-refractivity contribution in [3.05, 3.63) is 48.5 Å². The minimum absolute atomic E-state index is 0.361. The molecule has 3 aromatic rings. The van der Waals surface area contributed by atoms with Gasteiger partial charge in [-0.1, -0.05) is 42.5 Å². The number of piperazine rings is 1. The van der Waals surface area contributed by atoms with E-state index in [1.165, 1.54) is 5.56 Å². The van der Waals surface area contributed by atoms with Gasteiger partial charge in [-0.05, 0) is 24.1 Å². The largest absolute Gasteiger partial charge is 0.379 e. The lowest BCUT2D eigenvalue weighted by Crippen LogP contribution is -2.50. The molecule has 2 aromatic carbocycles. The molecule has 2 saturated heterocycles. The highest BCUT2D eigenvalue weighted by Gasteiger charge is 2.23. The molecule has 2 aliphatic heterocycles. The first kappa shape index (κ1) is 21.1. The van der Waals surface area contributed by atoms with E-state index in [-0.39, 0.29) is 0 Å². The molecule has 1 aromatic heterocycles. The van der Waals surface area contributed by atoms with E-state index in [9.17, 15) is 0 Å². The van der Waals surface area contributed by atoms with Gasteiger partial charge in [0, 0.05) is 51.9 Å². The summed E-state index contributed by atoms with van der Waals surface area (Å²) >= 11 is 0. The Morgan fingerprint density at radius 3 is 2.69 bits per heavy atom. The van der Waals surface area contributed by atoms with E-state index in [2.05, 4.69) is 75.9 Å². The molecule has 1 unspecified atom stereocenters. The quantitative estimate of drug-likeness (QED) is 0.621. The summed E-state index contributed by atoms with van der Waals surface area (Å²) in [7, 11) is 0. The van der Waals surface area contributed by atoms with Gasteiger partial charge in [-0.15, -0.1) is 0 Å². The Bertz CT molecular complexity index is 1040. The molecule has 0 radical (unpaired) electrons. The van der Waals surface area contributed by atoms with Crippen molar-refractivity contribution in [1.82, 2.24) is 20.2 Å². The van der Waals surface area contributed by atoms with Gasteiger partial charge in [0.1, 0.15) is 5.82 Å². The maximum atomic E-state index is 5.49. The van der Waals surface area contributed by atoms with E-state index in [4.69, 9.17) is 14.7 Å². The van der Waals surface area contributed by atoms with Gasteiger partial charge in [-0.25, -0.2) is 4.98 Å². The SMILES string of the molecule is CC1CNCCN1c1nc(NCCN2CCOCC2)c2c(-c3ccccc3)cccc2n1. The highest BCUT2D eigenvalue weighted by Crippen LogP contribution is 2.34. The van der Waals surface area contributed by atoms with Crippen LogP contribution in [0.2, 0.25) is 0 Å². The minimum Gasteiger partial charge on any atom is -0.379 e. The van der Waals surface area contributed by atoms with Crippen LogP contribution >= 0.6 is 0 Å². The van der Waals surface area contributed by atoms with Crippen molar-refractivity contribution in [3.63, 3.8) is 0 Å². The Kier molecular flexibility index (Phi) is 6.48. The summed E-state index contributed by atoms with van der Waals surface area (Å²) < 4.78 is 5.49. The fraction of sp³-hybridized carbons (Fsp3) is 0.440. The van der Waals surface area contributed by atoms with E-state index in [0.717, 1.165) is 87.3 Å². The Hall–Kier alpha value is -2.74. The molecular formula is C25H32N6O. The molecule has 2 N–H and O–H groups in total. The minimum atomic E-state index is 0.361. The molecule has 0 spiro atoms. The van der Waals surface area contributed by atoms with Crippen LogP contribution in [-0.2, 0) is 4.74 Å². The summed E-state index contributed by atoms with van der Waals surface area (Å²) in [6, 6.07) is 17.2. The fourth-order valence-electron chi connectivity index (χ4n) is 4.58. The van der Waals surface area contributed by atoms with Gasteiger partial charge in [0.05, 0.1) is 24.1 Å². The number of hydrogen-bond acceptors (Lipinski definition) is 7. The average Bonchev–Trinajstić information content (AvgIpc) is 2.85. The molecule has 0 saturated carbocycles. The zero-order chi connectivity index (χ0) is 21.8. The van der Waals surface area contributed by atoms with Gasteiger partial charge in [0.25, 0.3) is 0 Å². The molecule has 7 heteroatoms. The van der Waals surface area contributed by atoms with Gasteiger partial charge in [0.2, 0.25) is 5.95 Å². The predicted molar refractivity (Wildman–Crippen MR) is 130 cm³/mol. The molecule has 168 valence electrons. The third kappa shape index (κ3) is 4.55. The fourth-order valence-corrected chi connectivity index (χ4v) is 4.58. The Balaban J connectivity index is 1.52. The normalized spacial score (nSPS) is 19.9. The lowest BCUT2D eigenvalue weighted by Gasteiger charge is -2.34. The summed E-state index contributed by atoms with van der Waals surface area (Å²) in [5.74, 6) is 1.73. The van der Waals surface area contributed by atoms with Crippen molar-refractivity contribution in [1.29, 1.82) is 0 Å². The van der Waals surface area contributed by atoms with Crippen LogP contribution < -0.4 is 15.5 Å². The van der Waals surface area contributed by atoms with Crippen LogP contribution in [0, 0.1) is 0 Å². The Labute approximate surface area is 189 Å². The van der Waals surface area contributed by atoms with Crippen LogP contribution in [0.5, 0.6) is 0 Å². The topological polar surface area (TPSA) is 65.5 Å². The number of morpholine rings is 1. The zero-order valence-electron chi connectivity index (χ0n) is 18.8. The highest BCUT2D eigenvalue weighted by atomic mass is 16.5. The van der Waals surface area contributed by atoms with Crippen molar-refractivity contribution in [3.8, 4) is 11.1 Å². The van der Waals surface area contributed by atoms with Crippen LogP contribution in [-0.4, -0.2) is 79.9 Å². The summed E-state index contributed by atoms with van der Waals surface area (Å²) in [4.78, 5) is 14.9. The number of fused-ring (bicyclic) bond motifs is 1. The molecule has 0 aliphatic carbocycles. The van der Waals surface area contributed by atoms with Gasteiger partial charge in [0.15, 0.2) is 0 Å². The Morgan fingerprint density at radius 1 is 1.03 bits per heavy atom. The van der Waals surface area contributed by atoms with Gasteiger partial charge >= 0.3 is 0 Å². The van der Waals surface area contributed by atoms with E-state index >= 15 is 0 Å². The summed E-state index contributed by atoms with van der Waals surface area (Å²) in [6.07, 6.45) is 0. The highest BCUT2D eigenvalue weighted by molar-refractivity contribution is 6.02. The molecule has 0 bridgehead atoms. The van der Waals surface area contributed by atoms with E-state index in [1.807, 2.05) is 0 Å². The van der Waals surface area contributed by atoms with Gasteiger partial charge < -0.3 is 20.3 Å². The molecule has 7 nitrogen and oxygen atoms in total. The first-order valence-corrected chi connectivity index (χ1v) is 11.7. The average molecular weight is 433 g/mol. The molecule has 2 aliphatic rings. The molecular weight excluding hydrogens is 400 g/mol. The number of rotatable bonds is 6.